The molecule has 8 heteroatoms. The largest absolute Gasteiger partial charge is 0.377 e. The van der Waals surface area contributed by atoms with E-state index in [1.165, 1.54) is 18.2 Å². The number of nitro benzene ring substituents is 1. The number of fused-ring (bicyclic) bond motifs is 1. The monoisotopic (exact) mass is 293 g/mol. The Morgan fingerprint density at radius 2 is 1.86 bits per heavy atom. The number of rotatable bonds is 1. The number of H-pyrrole nitrogens is 1. The van der Waals surface area contributed by atoms with Crippen molar-refractivity contribution in [3.05, 3.63) is 44.5 Å². The Morgan fingerprint density at radius 1 is 1.24 bits per heavy atom. The Labute approximate surface area is 119 Å². The summed E-state index contributed by atoms with van der Waals surface area (Å²) in [7, 11) is 0. The van der Waals surface area contributed by atoms with Crippen molar-refractivity contribution < 1.29 is 14.4 Å². The van der Waals surface area contributed by atoms with Gasteiger partial charge in [0, 0.05) is 12.1 Å². The number of hydrogen-bond donors (Lipinski definition) is 1. The van der Waals surface area contributed by atoms with Gasteiger partial charge in [0.05, 0.1) is 42.3 Å². The van der Waals surface area contributed by atoms with Gasteiger partial charge in [0.1, 0.15) is 5.82 Å². The van der Waals surface area contributed by atoms with Crippen molar-refractivity contribution >= 4 is 16.6 Å². The minimum atomic E-state index is -0.543. The Balaban J connectivity index is 0.000000225. The molecule has 21 heavy (non-hydrogen) atoms. The summed E-state index contributed by atoms with van der Waals surface area (Å²) in [5, 5.41) is 10.7. The quantitative estimate of drug-likeness (QED) is 0.624. The van der Waals surface area contributed by atoms with Crippen LogP contribution in [0.25, 0.3) is 10.9 Å². The first-order valence-corrected chi connectivity index (χ1v) is 6.38. The lowest BCUT2D eigenvalue weighted by molar-refractivity contribution is -0.384. The van der Waals surface area contributed by atoms with Gasteiger partial charge < -0.3 is 14.5 Å². The third-order valence-corrected chi connectivity index (χ3v) is 2.76. The Morgan fingerprint density at radius 3 is 2.38 bits per heavy atom. The summed E-state index contributed by atoms with van der Waals surface area (Å²) in [5.41, 5.74) is -0.0123. The number of aromatic amines is 1. The number of aryl methyl sites for hydroxylation is 1. The second kappa shape index (κ2) is 6.91. The van der Waals surface area contributed by atoms with Crippen LogP contribution in [0.5, 0.6) is 0 Å². The zero-order chi connectivity index (χ0) is 15.2. The van der Waals surface area contributed by atoms with Crippen molar-refractivity contribution in [2.24, 2.45) is 0 Å². The molecule has 0 amide bonds. The molecule has 0 saturated carbocycles. The summed E-state index contributed by atoms with van der Waals surface area (Å²) in [4.78, 5) is 28.0. The van der Waals surface area contributed by atoms with E-state index < -0.39 is 4.92 Å². The van der Waals surface area contributed by atoms with Crippen molar-refractivity contribution in [1.82, 2.24) is 9.97 Å². The molecule has 1 aliphatic heterocycles. The van der Waals surface area contributed by atoms with Gasteiger partial charge in [-0.15, -0.1) is 0 Å². The maximum atomic E-state index is 11.5. The Bertz CT molecular complexity index is 682. The van der Waals surface area contributed by atoms with E-state index in [0.29, 0.717) is 11.3 Å². The fourth-order valence-corrected chi connectivity index (χ4v) is 1.80. The number of nitro groups is 1. The number of non-ortho nitro benzene ring substituents is 1. The van der Waals surface area contributed by atoms with Crippen LogP contribution in [-0.2, 0) is 9.47 Å². The molecule has 1 aromatic heterocycles. The summed E-state index contributed by atoms with van der Waals surface area (Å²) in [5.74, 6) is 0.487. The zero-order valence-electron chi connectivity index (χ0n) is 11.5. The van der Waals surface area contributed by atoms with Crippen LogP contribution in [0.15, 0.2) is 23.0 Å². The van der Waals surface area contributed by atoms with E-state index >= 15 is 0 Å². The molecule has 0 unspecified atom stereocenters. The summed E-state index contributed by atoms with van der Waals surface area (Å²) < 4.78 is 9.89. The normalized spacial score (nSPS) is 14.3. The second-order valence-electron chi connectivity index (χ2n) is 4.33. The summed E-state index contributed by atoms with van der Waals surface area (Å²) >= 11 is 0. The number of hydrogen-bond acceptors (Lipinski definition) is 6. The molecule has 0 atom stereocenters. The summed E-state index contributed by atoms with van der Waals surface area (Å²) in [6.07, 6.45) is 0. The smallest absolute Gasteiger partial charge is 0.270 e. The average Bonchev–Trinajstić information content (AvgIpc) is 2.49. The number of benzene rings is 1. The lowest BCUT2D eigenvalue weighted by atomic mass is 10.2. The van der Waals surface area contributed by atoms with E-state index in [2.05, 4.69) is 9.97 Å². The Hall–Kier alpha value is -2.32. The molecule has 8 nitrogen and oxygen atoms in total. The highest BCUT2D eigenvalue weighted by molar-refractivity contribution is 5.79. The fourth-order valence-electron chi connectivity index (χ4n) is 1.80. The molecule has 1 N–H and O–H groups in total. The fraction of sp³-hybridized carbons (Fsp3) is 0.385. The van der Waals surface area contributed by atoms with Crippen molar-refractivity contribution in [3.8, 4) is 0 Å². The van der Waals surface area contributed by atoms with Gasteiger partial charge in [-0.3, -0.25) is 14.9 Å². The van der Waals surface area contributed by atoms with Crippen LogP contribution in [-0.4, -0.2) is 41.3 Å². The van der Waals surface area contributed by atoms with Crippen molar-refractivity contribution in [3.63, 3.8) is 0 Å². The van der Waals surface area contributed by atoms with Crippen LogP contribution in [0.1, 0.15) is 5.82 Å². The van der Waals surface area contributed by atoms with Crippen LogP contribution in [0.4, 0.5) is 5.69 Å². The molecular weight excluding hydrogens is 278 g/mol. The van der Waals surface area contributed by atoms with Crippen molar-refractivity contribution in [2.45, 2.75) is 6.92 Å². The lowest BCUT2D eigenvalue weighted by Gasteiger charge is -2.09. The Kier molecular flexibility index (Phi) is 4.96. The SMILES string of the molecule is C1COCCO1.Cc1nc2ccc([N+](=O)[O-])cc2c(=O)[nH]1. The van der Waals surface area contributed by atoms with Gasteiger partial charge >= 0.3 is 0 Å². The van der Waals surface area contributed by atoms with Crippen LogP contribution in [0.3, 0.4) is 0 Å². The first-order chi connectivity index (χ1) is 10.1. The maximum Gasteiger partial charge on any atom is 0.270 e. The van der Waals surface area contributed by atoms with E-state index in [-0.39, 0.29) is 16.6 Å². The lowest BCUT2D eigenvalue weighted by Crippen LogP contribution is -2.16. The van der Waals surface area contributed by atoms with E-state index in [0.717, 1.165) is 26.4 Å². The highest BCUT2D eigenvalue weighted by Gasteiger charge is 2.09. The van der Waals surface area contributed by atoms with Crippen LogP contribution in [0, 0.1) is 17.0 Å². The van der Waals surface area contributed by atoms with E-state index in [4.69, 9.17) is 9.47 Å². The third kappa shape index (κ3) is 4.07. The molecule has 1 saturated heterocycles. The number of nitrogens with zero attached hydrogens (tertiary/aromatic N) is 2. The molecule has 3 rings (SSSR count). The van der Waals surface area contributed by atoms with E-state index in [1.54, 1.807) is 6.92 Å². The van der Waals surface area contributed by atoms with Gasteiger partial charge in [-0.25, -0.2) is 4.98 Å². The molecule has 2 heterocycles. The minimum Gasteiger partial charge on any atom is -0.377 e. The van der Waals surface area contributed by atoms with Crippen LogP contribution in [0.2, 0.25) is 0 Å². The van der Waals surface area contributed by atoms with Gasteiger partial charge in [0.15, 0.2) is 0 Å². The summed E-state index contributed by atoms with van der Waals surface area (Å²) in [6, 6.07) is 4.02. The molecule has 0 radical (unpaired) electrons. The van der Waals surface area contributed by atoms with Gasteiger partial charge in [-0.05, 0) is 13.0 Å². The molecule has 1 fully saturated rings. The zero-order valence-corrected chi connectivity index (χ0v) is 11.5. The van der Waals surface area contributed by atoms with Crippen molar-refractivity contribution in [1.29, 1.82) is 0 Å². The van der Waals surface area contributed by atoms with Gasteiger partial charge in [-0.1, -0.05) is 0 Å². The molecule has 2 aromatic rings. The molecule has 1 aromatic carbocycles. The topological polar surface area (TPSA) is 107 Å². The van der Waals surface area contributed by atoms with Crippen LogP contribution < -0.4 is 5.56 Å². The molecule has 1 aliphatic rings. The van der Waals surface area contributed by atoms with Gasteiger partial charge in [0.2, 0.25) is 0 Å². The molecule has 0 bridgehead atoms. The predicted octanol–water partition coefficient (Wildman–Crippen LogP) is 1.17. The third-order valence-electron chi connectivity index (χ3n) is 2.76. The van der Waals surface area contributed by atoms with Crippen molar-refractivity contribution in [2.75, 3.05) is 26.4 Å². The number of aromatic nitrogens is 2. The standard InChI is InChI=1S/C9H7N3O3.C4H8O2/c1-5-10-8-3-2-6(12(14)15)4-7(8)9(13)11-5;1-2-6-4-3-5-1/h2-4H,1H3,(H,10,11,13);1-4H2. The first kappa shape index (κ1) is 15.1. The molecule has 112 valence electrons. The maximum absolute atomic E-state index is 11.5. The number of ether oxygens (including phenoxy) is 2. The highest BCUT2D eigenvalue weighted by atomic mass is 16.6. The van der Waals surface area contributed by atoms with E-state index in [9.17, 15) is 14.9 Å². The molecule has 0 spiro atoms. The number of nitrogens with one attached hydrogen (secondary N) is 1. The van der Waals surface area contributed by atoms with Gasteiger partial charge in [0.25, 0.3) is 11.2 Å². The minimum absolute atomic E-state index is 0.112. The van der Waals surface area contributed by atoms with Gasteiger partial charge in [-0.2, -0.15) is 0 Å². The highest BCUT2D eigenvalue weighted by Crippen LogP contribution is 2.16. The second-order valence-corrected chi connectivity index (χ2v) is 4.33. The van der Waals surface area contributed by atoms with Crippen LogP contribution >= 0.6 is 0 Å². The first-order valence-electron chi connectivity index (χ1n) is 6.38. The molecule has 0 aliphatic carbocycles. The van der Waals surface area contributed by atoms with E-state index in [1.807, 2.05) is 0 Å². The average molecular weight is 293 g/mol. The molecular formula is C13H15N3O5. The summed E-state index contributed by atoms with van der Waals surface area (Å²) in [6.45, 7) is 4.77. The predicted molar refractivity (Wildman–Crippen MR) is 75.4 cm³/mol.